The number of aldehydes is 1. The SMILES string of the molecule is C.Cc1cc(Cc2cccc(Cl)c2)sc1C(=O)c1cncnc1N[C@@H]1C[C@H](COS(N)(=O)=O)[C@@H](C)C1.Cc1cc(Cc2cccc(Cl)c2)sc1C(=O)c1cncnc1N[C@@H]1C[C@H](COS(N)(=O)=O)[C@@H](O)C1.O=CC(F)(F)F. The molecule has 7 N–H and O–H groups in total. The Kier molecular flexibility index (Phi) is 22.3. The summed E-state index contributed by atoms with van der Waals surface area (Å²) < 4.78 is 85.1. The maximum absolute atomic E-state index is 13.5. The minimum Gasteiger partial charge on any atom is -0.393 e. The third kappa shape index (κ3) is 19.2. The molecular formula is C50H57Cl2F3N8O10S4. The van der Waals surface area contributed by atoms with E-state index >= 15 is 0 Å². The predicted molar refractivity (Wildman–Crippen MR) is 290 cm³/mol. The van der Waals surface area contributed by atoms with E-state index in [4.69, 9.17) is 42.5 Å². The molecule has 2 aliphatic rings. The van der Waals surface area contributed by atoms with E-state index in [0.29, 0.717) is 74.7 Å². The second kappa shape index (κ2) is 27.5. The van der Waals surface area contributed by atoms with Crippen molar-refractivity contribution in [1.82, 2.24) is 19.9 Å². The zero-order valence-corrected chi connectivity index (χ0v) is 45.6. The lowest BCUT2D eigenvalue weighted by Crippen LogP contribution is -2.24. The number of nitrogens with zero attached hydrogens (tertiary/aromatic N) is 4. The molecule has 0 radical (unpaired) electrons. The van der Waals surface area contributed by atoms with E-state index in [9.17, 15) is 44.7 Å². The Morgan fingerprint density at radius 1 is 0.740 bits per heavy atom. The van der Waals surface area contributed by atoms with Crippen molar-refractivity contribution in [2.45, 2.75) is 91.1 Å². The zero-order chi connectivity index (χ0) is 55.5. The van der Waals surface area contributed by atoms with Gasteiger partial charge in [0.2, 0.25) is 17.9 Å². The van der Waals surface area contributed by atoms with E-state index in [1.165, 1.54) is 47.7 Å². The monoisotopic (exact) mass is 1180 g/mol. The third-order valence-electron chi connectivity index (χ3n) is 12.2. The van der Waals surface area contributed by atoms with Crippen molar-refractivity contribution >= 4 is 96.0 Å². The lowest BCUT2D eigenvalue weighted by Gasteiger charge is -2.16. The highest BCUT2D eigenvalue weighted by atomic mass is 35.5. The number of aryl methyl sites for hydroxylation is 2. The number of nitrogens with two attached hydrogens (primary N) is 2. The number of alkyl halides is 3. The first kappa shape index (κ1) is 62.5. The van der Waals surface area contributed by atoms with Crippen molar-refractivity contribution in [3.8, 4) is 0 Å². The van der Waals surface area contributed by atoms with Crippen molar-refractivity contribution in [2.24, 2.45) is 28.0 Å². The molecule has 4 aromatic heterocycles. The summed E-state index contributed by atoms with van der Waals surface area (Å²) in [6.45, 7) is 5.69. The maximum atomic E-state index is 13.5. The summed E-state index contributed by atoms with van der Waals surface area (Å²) in [6.07, 6.45) is 2.88. The molecule has 2 aliphatic carbocycles. The number of carbonyl (C=O) groups is 3. The largest absolute Gasteiger partial charge is 0.446 e. The predicted octanol–water partition coefficient (Wildman–Crippen LogP) is 8.85. The Balaban J connectivity index is 0.000000254. The van der Waals surface area contributed by atoms with Gasteiger partial charge in [0.05, 0.1) is 40.2 Å². The van der Waals surface area contributed by atoms with E-state index in [-0.39, 0.29) is 56.1 Å². The molecule has 8 rings (SSSR count). The molecule has 2 aromatic carbocycles. The van der Waals surface area contributed by atoms with Gasteiger partial charge in [0, 0.05) is 63.0 Å². The molecule has 0 unspecified atom stereocenters. The fourth-order valence-corrected chi connectivity index (χ4v) is 12.2. The number of rotatable bonds is 18. The Morgan fingerprint density at radius 3 is 1.57 bits per heavy atom. The molecule has 0 spiro atoms. The Labute approximate surface area is 462 Å². The Bertz CT molecular complexity index is 3040. The normalized spacial score (nSPS) is 19.2. The summed E-state index contributed by atoms with van der Waals surface area (Å²) in [6, 6.07) is 19.1. The van der Waals surface area contributed by atoms with Crippen LogP contribution in [0.3, 0.4) is 0 Å². The van der Waals surface area contributed by atoms with E-state index in [1.54, 1.807) is 0 Å². The van der Waals surface area contributed by atoms with Gasteiger partial charge in [-0.2, -0.15) is 30.0 Å². The van der Waals surface area contributed by atoms with Gasteiger partial charge in [0.25, 0.3) is 0 Å². The molecular weight excluding hydrogens is 1130 g/mol. The first-order chi connectivity index (χ1) is 35.7. The van der Waals surface area contributed by atoms with Crippen molar-refractivity contribution in [2.75, 3.05) is 23.8 Å². The summed E-state index contributed by atoms with van der Waals surface area (Å²) in [5.41, 5.74) is 4.64. The molecule has 416 valence electrons. The first-order valence-corrected chi connectivity index (χ1v) is 28.5. The molecule has 0 bridgehead atoms. The quantitative estimate of drug-likeness (QED) is 0.0397. The van der Waals surface area contributed by atoms with Gasteiger partial charge in [0.1, 0.15) is 24.3 Å². The van der Waals surface area contributed by atoms with Gasteiger partial charge in [0.15, 0.2) is 0 Å². The number of hydrogen-bond acceptors (Lipinski definition) is 18. The van der Waals surface area contributed by atoms with E-state index in [1.807, 2.05) is 81.4 Å². The minimum atomic E-state index is -4.64. The highest BCUT2D eigenvalue weighted by Crippen LogP contribution is 2.36. The highest BCUT2D eigenvalue weighted by Gasteiger charge is 2.36. The molecule has 2 saturated carbocycles. The number of aliphatic hydroxyl groups excluding tert-OH is 1. The molecule has 0 amide bonds. The average Bonchev–Trinajstić information content (AvgIpc) is 4.11. The van der Waals surface area contributed by atoms with Crippen LogP contribution < -0.4 is 20.9 Å². The molecule has 0 aliphatic heterocycles. The van der Waals surface area contributed by atoms with Crippen molar-refractivity contribution in [1.29, 1.82) is 0 Å². The molecule has 4 heterocycles. The fourth-order valence-electron chi connectivity index (χ4n) is 8.72. The smallest absolute Gasteiger partial charge is 0.393 e. The van der Waals surface area contributed by atoms with Crippen LogP contribution in [-0.4, -0.2) is 97.3 Å². The standard InChI is InChI=1S/C24H27ClN4O4S2.C23H25ClN4O5S2.C2HF3O.CH4/c1-14-6-19(10-17(14)12-33-35(26,31)32)29-24-21(11-27-13-28-24)22(30)23-15(2)7-20(34-23)9-16-4-3-5-18(25)8-16;1-13-5-18(7-14-3-2-4-16(24)6-14)34-22(13)21(30)19-10-26-12-27-23(19)28-17-8-15(20(29)9-17)11-33-35(25,31)32;3-2(4,5)1-6;/h3-5,7-8,11,13-14,17,19H,6,9-10,12H2,1-2H3,(H2,26,31,32)(H,27,28,29);2-6,10,12,15,17,20,29H,7-9,11H2,1H3,(H2,25,31,32)(H,26,27,28);1H;1H4/t14-,17+,19-;15-,17-,20+;;/m01../s1. The van der Waals surface area contributed by atoms with Crippen LogP contribution in [0.15, 0.2) is 85.7 Å². The number of halogens is 5. The van der Waals surface area contributed by atoms with Crippen LogP contribution in [0.2, 0.25) is 10.0 Å². The number of anilines is 2. The van der Waals surface area contributed by atoms with Crippen LogP contribution in [0.1, 0.15) is 103 Å². The summed E-state index contributed by atoms with van der Waals surface area (Å²) in [7, 11) is -8.06. The number of aliphatic hydroxyl groups is 1. The second-order valence-electron chi connectivity index (χ2n) is 18.2. The van der Waals surface area contributed by atoms with Crippen molar-refractivity contribution in [3.63, 3.8) is 0 Å². The number of aromatic nitrogens is 4. The molecule has 2 fully saturated rings. The lowest BCUT2D eigenvalue weighted by molar-refractivity contribution is -0.156. The van der Waals surface area contributed by atoms with Crippen LogP contribution >= 0.6 is 45.9 Å². The zero-order valence-electron chi connectivity index (χ0n) is 40.9. The maximum Gasteiger partial charge on any atom is 0.446 e. The van der Waals surface area contributed by atoms with Crippen LogP contribution in [0.25, 0.3) is 0 Å². The second-order valence-corrected chi connectivity index (χ2v) is 23.8. The van der Waals surface area contributed by atoms with Gasteiger partial charge < -0.3 is 15.7 Å². The van der Waals surface area contributed by atoms with Gasteiger partial charge in [-0.15, -0.1) is 22.7 Å². The molecule has 77 heavy (non-hydrogen) atoms. The van der Waals surface area contributed by atoms with E-state index < -0.39 is 45.1 Å². The summed E-state index contributed by atoms with van der Waals surface area (Å²) >= 11 is 15.1. The van der Waals surface area contributed by atoms with Crippen molar-refractivity contribution < 1.29 is 57.9 Å². The average molecular weight is 1190 g/mol. The molecule has 18 nitrogen and oxygen atoms in total. The molecule has 27 heteroatoms. The van der Waals surface area contributed by atoms with Crippen LogP contribution in [0.5, 0.6) is 0 Å². The minimum absolute atomic E-state index is 0. The number of ketones is 2. The number of benzene rings is 2. The van der Waals surface area contributed by atoms with Gasteiger partial charge in [-0.25, -0.2) is 30.2 Å². The molecule has 6 atom stereocenters. The van der Waals surface area contributed by atoms with Gasteiger partial charge in [-0.3, -0.25) is 22.7 Å². The Hall–Kier alpha value is -5.32. The fraction of sp³-hybridized carbons (Fsp3) is 0.380. The topological polar surface area (TPSA) is 286 Å². The van der Waals surface area contributed by atoms with E-state index in [0.717, 1.165) is 38.4 Å². The number of hydrogen-bond donors (Lipinski definition) is 5. The Morgan fingerprint density at radius 2 is 1.16 bits per heavy atom. The molecule has 6 aromatic rings. The van der Waals surface area contributed by atoms with Crippen LogP contribution in [0, 0.1) is 31.6 Å². The van der Waals surface area contributed by atoms with E-state index in [2.05, 4.69) is 34.8 Å². The number of thiophene rings is 2. The molecule has 0 saturated heterocycles. The lowest BCUT2D eigenvalue weighted by atomic mass is 10.00. The number of nitrogens with one attached hydrogen (secondary N) is 2. The number of carbonyl (C=O) groups excluding carboxylic acids is 3. The van der Waals surface area contributed by atoms with Crippen LogP contribution in [-0.2, 0) is 46.6 Å². The summed E-state index contributed by atoms with van der Waals surface area (Å²) in [5.74, 6) is 0.345. The first-order valence-electron chi connectivity index (χ1n) is 23.2. The third-order valence-corrected chi connectivity index (χ3v) is 16.1. The van der Waals surface area contributed by atoms with Gasteiger partial charge in [-0.1, -0.05) is 61.8 Å². The van der Waals surface area contributed by atoms with Crippen molar-refractivity contribution in [3.05, 3.63) is 149 Å². The van der Waals surface area contributed by atoms with Gasteiger partial charge >= 0.3 is 26.8 Å². The van der Waals surface area contributed by atoms with Crippen LogP contribution in [0.4, 0.5) is 24.8 Å². The highest BCUT2D eigenvalue weighted by molar-refractivity contribution is 7.84. The summed E-state index contributed by atoms with van der Waals surface area (Å²) in [5, 5.41) is 28.1. The van der Waals surface area contributed by atoms with Gasteiger partial charge in [-0.05, 0) is 110 Å². The summed E-state index contributed by atoms with van der Waals surface area (Å²) in [4.78, 5) is 55.7.